The van der Waals surface area contributed by atoms with Crippen LogP contribution in [0, 0.1) is 12.8 Å². The Morgan fingerprint density at radius 1 is 1.00 bits per heavy atom. The van der Waals surface area contributed by atoms with E-state index in [2.05, 4.69) is 9.97 Å². The quantitative estimate of drug-likeness (QED) is 0.816. The molecule has 0 unspecified atom stereocenters. The maximum atomic E-state index is 12.9. The van der Waals surface area contributed by atoms with Gasteiger partial charge in [-0.25, -0.2) is 9.97 Å². The highest BCUT2D eigenvalue weighted by molar-refractivity contribution is 5.94. The molecule has 1 aliphatic heterocycles. The van der Waals surface area contributed by atoms with Crippen LogP contribution in [0.4, 0.5) is 0 Å². The van der Waals surface area contributed by atoms with Crippen LogP contribution in [0.2, 0.25) is 0 Å². The molecule has 4 rings (SSSR count). The van der Waals surface area contributed by atoms with Gasteiger partial charge < -0.3 is 9.80 Å². The first-order valence-corrected chi connectivity index (χ1v) is 8.58. The summed E-state index contributed by atoms with van der Waals surface area (Å²) in [7, 11) is 0. The number of carbonyl (C=O) groups is 2. The van der Waals surface area contributed by atoms with Gasteiger partial charge in [0.15, 0.2) is 0 Å². The Labute approximate surface area is 135 Å². The molecule has 0 N–H and O–H groups in total. The van der Waals surface area contributed by atoms with Crippen LogP contribution in [0.3, 0.4) is 0 Å². The van der Waals surface area contributed by atoms with Crippen molar-refractivity contribution in [2.75, 3.05) is 26.2 Å². The van der Waals surface area contributed by atoms with Crippen LogP contribution in [0.5, 0.6) is 0 Å². The lowest BCUT2D eigenvalue weighted by Crippen LogP contribution is -2.51. The molecule has 0 aromatic carbocycles. The Bertz CT molecular complexity index is 661. The van der Waals surface area contributed by atoms with E-state index in [1.54, 1.807) is 0 Å². The summed E-state index contributed by atoms with van der Waals surface area (Å²) in [4.78, 5) is 37.6. The topological polar surface area (TPSA) is 66.4 Å². The molecule has 2 aliphatic carbocycles. The summed E-state index contributed by atoms with van der Waals surface area (Å²) in [5.74, 6) is 1.21. The van der Waals surface area contributed by atoms with Crippen LogP contribution >= 0.6 is 0 Å². The molecule has 3 aliphatic rings. The maximum absolute atomic E-state index is 12.9. The number of amides is 2. The van der Waals surface area contributed by atoms with Crippen molar-refractivity contribution in [1.29, 1.82) is 0 Å². The lowest BCUT2D eigenvalue weighted by atomic mass is 10.1. The largest absolute Gasteiger partial charge is 0.339 e. The number of fused-ring (bicyclic) bond motifs is 1. The third-order valence-corrected chi connectivity index (χ3v) is 5.05. The molecule has 1 saturated carbocycles. The maximum Gasteiger partial charge on any atom is 0.273 e. The summed E-state index contributed by atoms with van der Waals surface area (Å²) in [6, 6.07) is 0. The molecule has 1 aromatic rings. The number of rotatable bonds is 2. The van der Waals surface area contributed by atoms with Crippen molar-refractivity contribution in [2.24, 2.45) is 5.92 Å². The lowest BCUT2D eigenvalue weighted by molar-refractivity contribution is -0.134. The Morgan fingerprint density at radius 2 is 1.70 bits per heavy atom. The molecule has 0 atom stereocenters. The van der Waals surface area contributed by atoms with E-state index in [9.17, 15) is 9.59 Å². The van der Waals surface area contributed by atoms with Crippen molar-refractivity contribution < 1.29 is 9.59 Å². The Hall–Kier alpha value is -1.98. The Balaban J connectivity index is 1.47. The minimum atomic E-state index is 0.00664. The first kappa shape index (κ1) is 14.6. The molecule has 0 radical (unpaired) electrons. The Morgan fingerprint density at radius 3 is 2.39 bits per heavy atom. The standard InChI is InChI=1S/C17H22N4O2/c1-11-18-14-4-2-3-13(14)15(19-11)17(23)21-9-7-20(8-10-21)16(22)12-5-6-12/h12H,2-10H2,1H3. The number of nitrogens with zero attached hydrogens (tertiary/aromatic N) is 4. The van der Waals surface area contributed by atoms with Crippen molar-refractivity contribution in [3.63, 3.8) is 0 Å². The zero-order valence-electron chi connectivity index (χ0n) is 13.5. The lowest BCUT2D eigenvalue weighted by Gasteiger charge is -2.35. The van der Waals surface area contributed by atoms with Crippen molar-refractivity contribution in [3.8, 4) is 0 Å². The fourth-order valence-electron chi connectivity index (χ4n) is 3.60. The van der Waals surface area contributed by atoms with Gasteiger partial charge in [-0.3, -0.25) is 9.59 Å². The summed E-state index contributed by atoms with van der Waals surface area (Å²) in [5.41, 5.74) is 2.67. The van der Waals surface area contributed by atoms with Gasteiger partial charge in [0, 0.05) is 43.4 Å². The molecule has 6 heteroatoms. The number of hydrogen-bond donors (Lipinski definition) is 0. The smallest absolute Gasteiger partial charge is 0.273 e. The third-order valence-electron chi connectivity index (χ3n) is 5.05. The molecule has 0 spiro atoms. The van der Waals surface area contributed by atoms with E-state index in [0.717, 1.165) is 43.4 Å². The summed E-state index contributed by atoms with van der Waals surface area (Å²) in [6.07, 6.45) is 4.96. The summed E-state index contributed by atoms with van der Waals surface area (Å²) in [6.45, 7) is 4.35. The average molecular weight is 314 g/mol. The van der Waals surface area contributed by atoms with E-state index in [-0.39, 0.29) is 17.7 Å². The van der Waals surface area contributed by atoms with Crippen molar-refractivity contribution in [2.45, 2.75) is 39.0 Å². The Kier molecular flexibility index (Phi) is 3.54. The van der Waals surface area contributed by atoms with E-state index in [4.69, 9.17) is 0 Å². The van der Waals surface area contributed by atoms with E-state index < -0.39 is 0 Å². The first-order chi connectivity index (χ1) is 11.1. The summed E-state index contributed by atoms with van der Waals surface area (Å²) >= 11 is 0. The van der Waals surface area contributed by atoms with Crippen LogP contribution in [-0.2, 0) is 17.6 Å². The SMILES string of the molecule is Cc1nc2c(c(C(=O)N3CCN(C(=O)C4CC4)CC3)n1)CCC2. The van der Waals surface area contributed by atoms with Gasteiger partial charge in [-0.05, 0) is 39.0 Å². The highest BCUT2D eigenvalue weighted by Gasteiger charge is 2.36. The third kappa shape index (κ3) is 2.71. The zero-order chi connectivity index (χ0) is 16.0. The molecular weight excluding hydrogens is 292 g/mol. The van der Waals surface area contributed by atoms with Gasteiger partial charge in [0.05, 0.1) is 0 Å². The summed E-state index contributed by atoms with van der Waals surface area (Å²) < 4.78 is 0. The predicted molar refractivity (Wildman–Crippen MR) is 84.0 cm³/mol. The van der Waals surface area contributed by atoms with Gasteiger partial charge in [0.2, 0.25) is 5.91 Å². The van der Waals surface area contributed by atoms with Crippen molar-refractivity contribution in [1.82, 2.24) is 19.8 Å². The van der Waals surface area contributed by atoms with Gasteiger partial charge in [0.1, 0.15) is 11.5 Å². The van der Waals surface area contributed by atoms with Crippen molar-refractivity contribution >= 4 is 11.8 Å². The number of aryl methyl sites for hydroxylation is 2. The van der Waals surface area contributed by atoms with Gasteiger partial charge in [-0.15, -0.1) is 0 Å². The van der Waals surface area contributed by atoms with Crippen molar-refractivity contribution in [3.05, 3.63) is 22.8 Å². The predicted octanol–water partition coefficient (Wildman–Crippen LogP) is 0.968. The van der Waals surface area contributed by atoms with Crippen LogP contribution in [0.25, 0.3) is 0 Å². The molecule has 1 aromatic heterocycles. The molecule has 0 bridgehead atoms. The molecule has 2 amide bonds. The van der Waals surface area contributed by atoms with Gasteiger partial charge in [-0.2, -0.15) is 0 Å². The minimum Gasteiger partial charge on any atom is -0.339 e. The van der Waals surface area contributed by atoms with Crippen LogP contribution < -0.4 is 0 Å². The second-order valence-electron chi connectivity index (χ2n) is 6.79. The van der Waals surface area contributed by atoms with E-state index in [1.165, 1.54) is 0 Å². The molecule has 6 nitrogen and oxygen atoms in total. The highest BCUT2D eigenvalue weighted by atomic mass is 16.2. The fraction of sp³-hybridized carbons (Fsp3) is 0.647. The molecular formula is C17H22N4O2. The van der Waals surface area contributed by atoms with Crippen LogP contribution in [0.1, 0.15) is 46.8 Å². The number of carbonyl (C=O) groups excluding carboxylic acids is 2. The number of aromatic nitrogens is 2. The average Bonchev–Trinajstić information content (AvgIpc) is 3.31. The zero-order valence-corrected chi connectivity index (χ0v) is 13.5. The normalized spacial score (nSPS) is 20.6. The van der Waals surface area contributed by atoms with Gasteiger partial charge in [0.25, 0.3) is 5.91 Å². The van der Waals surface area contributed by atoms with Gasteiger partial charge in [-0.1, -0.05) is 0 Å². The van der Waals surface area contributed by atoms with E-state index in [0.29, 0.717) is 37.7 Å². The first-order valence-electron chi connectivity index (χ1n) is 8.58. The molecule has 1 saturated heterocycles. The molecule has 2 fully saturated rings. The summed E-state index contributed by atoms with van der Waals surface area (Å²) in [5, 5.41) is 0. The van der Waals surface area contributed by atoms with E-state index in [1.807, 2.05) is 16.7 Å². The monoisotopic (exact) mass is 314 g/mol. The minimum absolute atomic E-state index is 0.00664. The fourth-order valence-corrected chi connectivity index (χ4v) is 3.60. The second kappa shape index (κ2) is 5.58. The van der Waals surface area contributed by atoms with Crippen LogP contribution in [0.15, 0.2) is 0 Å². The highest BCUT2D eigenvalue weighted by Crippen LogP contribution is 2.31. The second-order valence-corrected chi connectivity index (χ2v) is 6.79. The van der Waals surface area contributed by atoms with E-state index >= 15 is 0 Å². The molecule has 122 valence electrons. The number of piperazine rings is 1. The van der Waals surface area contributed by atoms with Gasteiger partial charge >= 0.3 is 0 Å². The number of hydrogen-bond acceptors (Lipinski definition) is 4. The molecule has 2 heterocycles. The molecule has 23 heavy (non-hydrogen) atoms. The van der Waals surface area contributed by atoms with Crippen LogP contribution in [-0.4, -0.2) is 57.8 Å².